The highest BCUT2D eigenvalue weighted by molar-refractivity contribution is 9.10. The highest BCUT2D eigenvalue weighted by atomic mass is 79.9. The molecule has 1 atom stereocenters. The first kappa shape index (κ1) is 18.1. The van der Waals surface area contributed by atoms with E-state index in [1.54, 1.807) is 24.3 Å². The molecule has 1 N–H and O–H groups in total. The minimum absolute atomic E-state index is 0.0846. The van der Waals surface area contributed by atoms with E-state index in [-0.39, 0.29) is 12.0 Å². The lowest BCUT2D eigenvalue weighted by Gasteiger charge is -2.17. The molecule has 4 nitrogen and oxygen atoms in total. The Labute approximate surface area is 145 Å². The highest BCUT2D eigenvalue weighted by Crippen LogP contribution is 2.13. The van der Waals surface area contributed by atoms with E-state index in [0.717, 1.165) is 28.2 Å². The molecule has 7 heteroatoms. The van der Waals surface area contributed by atoms with Gasteiger partial charge in [-0.2, -0.15) is 0 Å². The van der Waals surface area contributed by atoms with Crippen molar-refractivity contribution in [2.75, 3.05) is 7.11 Å². The highest BCUT2D eigenvalue weighted by Gasteiger charge is 2.23. The zero-order valence-corrected chi connectivity index (χ0v) is 14.3. The molecule has 0 bridgehead atoms. The summed E-state index contributed by atoms with van der Waals surface area (Å²) in [5.74, 6) is -3.51. The van der Waals surface area contributed by atoms with Crippen LogP contribution in [0, 0.1) is 11.6 Å². The van der Waals surface area contributed by atoms with Gasteiger partial charge in [-0.15, -0.1) is 0 Å². The molecule has 0 heterocycles. The average molecular weight is 398 g/mol. The maximum atomic E-state index is 13.2. The molecule has 126 valence electrons. The molecule has 0 aliphatic carbocycles. The Morgan fingerprint density at radius 1 is 1.12 bits per heavy atom. The van der Waals surface area contributed by atoms with E-state index in [0.29, 0.717) is 0 Å². The van der Waals surface area contributed by atoms with Gasteiger partial charge in [-0.25, -0.2) is 13.6 Å². The van der Waals surface area contributed by atoms with Crippen LogP contribution in [0.25, 0.3) is 0 Å². The van der Waals surface area contributed by atoms with Gasteiger partial charge in [0.1, 0.15) is 6.04 Å². The fourth-order valence-electron chi connectivity index (χ4n) is 2.07. The average Bonchev–Trinajstić information content (AvgIpc) is 2.57. The predicted molar refractivity (Wildman–Crippen MR) is 87.5 cm³/mol. The van der Waals surface area contributed by atoms with Crippen LogP contribution in [0.2, 0.25) is 0 Å². The van der Waals surface area contributed by atoms with Gasteiger partial charge in [0, 0.05) is 16.5 Å². The van der Waals surface area contributed by atoms with Crippen molar-refractivity contribution in [3.05, 3.63) is 69.7 Å². The molecule has 2 aromatic carbocycles. The number of hydrogen-bond acceptors (Lipinski definition) is 3. The van der Waals surface area contributed by atoms with Crippen molar-refractivity contribution in [3.8, 4) is 0 Å². The van der Waals surface area contributed by atoms with Crippen molar-refractivity contribution in [1.29, 1.82) is 0 Å². The summed E-state index contributed by atoms with van der Waals surface area (Å²) < 4.78 is 31.8. The third-order valence-electron chi connectivity index (χ3n) is 3.33. The minimum Gasteiger partial charge on any atom is -0.467 e. The summed E-state index contributed by atoms with van der Waals surface area (Å²) in [6.45, 7) is 0. The maximum absolute atomic E-state index is 13.2. The van der Waals surface area contributed by atoms with E-state index in [9.17, 15) is 18.4 Å². The SMILES string of the molecule is COC(=O)[C@@H](Cc1ccc(Br)cc1)NC(=O)c1ccc(F)c(F)c1. The molecular formula is C17H14BrF2NO3. The van der Waals surface area contributed by atoms with E-state index >= 15 is 0 Å². The topological polar surface area (TPSA) is 55.4 Å². The third kappa shape index (κ3) is 4.61. The van der Waals surface area contributed by atoms with E-state index < -0.39 is 29.6 Å². The van der Waals surface area contributed by atoms with Gasteiger partial charge >= 0.3 is 5.97 Å². The minimum atomic E-state index is -1.13. The molecule has 0 saturated heterocycles. The van der Waals surface area contributed by atoms with Crippen LogP contribution < -0.4 is 5.32 Å². The Morgan fingerprint density at radius 3 is 2.38 bits per heavy atom. The first-order valence-electron chi connectivity index (χ1n) is 6.99. The van der Waals surface area contributed by atoms with Crippen molar-refractivity contribution in [2.24, 2.45) is 0 Å². The number of halogens is 3. The lowest BCUT2D eigenvalue weighted by molar-refractivity contribution is -0.142. The number of nitrogens with one attached hydrogen (secondary N) is 1. The lowest BCUT2D eigenvalue weighted by atomic mass is 10.1. The summed E-state index contributed by atoms with van der Waals surface area (Å²) in [5.41, 5.74) is 0.720. The van der Waals surface area contributed by atoms with Crippen molar-refractivity contribution in [1.82, 2.24) is 5.32 Å². The van der Waals surface area contributed by atoms with Crippen LogP contribution in [0.3, 0.4) is 0 Å². The molecule has 2 aromatic rings. The van der Waals surface area contributed by atoms with Gasteiger partial charge in [-0.1, -0.05) is 28.1 Å². The van der Waals surface area contributed by atoms with Crippen LogP contribution in [-0.2, 0) is 16.0 Å². The first-order valence-corrected chi connectivity index (χ1v) is 7.78. The van der Waals surface area contributed by atoms with E-state index in [2.05, 4.69) is 21.2 Å². The molecule has 24 heavy (non-hydrogen) atoms. The van der Waals surface area contributed by atoms with E-state index in [4.69, 9.17) is 4.74 Å². The third-order valence-corrected chi connectivity index (χ3v) is 3.85. The molecule has 0 fully saturated rings. The largest absolute Gasteiger partial charge is 0.467 e. The molecule has 2 rings (SSSR count). The molecule has 0 unspecified atom stereocenters. The zero-order chi connectivity index (χ0) is 17.7. The van der Waals surface area contributed by atoms with Gasteiger partial charge in [0.15, 0.2) is 11.6 Å². The number of carbonyl (C=O) groups excluding carboxylic acids is 2. The number of rotatable bonds is 5. The summed E-state index contributed by atoms with van der Waals surface area (Å²) >= 11 is 3.31. The molecule has 0 radical (unpaired) electrons. The maximum Gasteiger partial charge on any atom is 0.328 e. The van der Waals surface area contributed by atoms with Crippen molar-refractivity contribution >= 4 is 27.8 Å². The van der Waals surface area contributed by atoms with Crippen molar-refractivity contribution in [3.63, 3.8) is 0 Å². The van der Waals surface area contributed by atoms with E-state index in [1.807, 2.05) is 0 Å². The summed E-state index contributed by atoms with van der Waals surface area (Å²) in [4.78, 5) is 24.1. The number of carbonyl (C=O) groups is 2. The summed E-state index contributed by atoms with van der Waals surface area (Å²) in [7, 11) is 1.21. The molecule has 0 aliphatic rings. The summed E-state index contributed by atoms with van der Waals surface area (Å²) in [5, 5.41) is 2.48. The van der Waals surface area contributed by atoms with Crippen LogP contribution in [0.5, 0.6) is 0 Å². The fourth-order valence-corrected chi connectivity index (χ4v) is 2.34. The van der Waals surface area contributed by atoms with Gasteiger partial charge < -0.3 is 10.1 Å². The van der Waals surface area contributed by atoms with Gasteiger partial charge in [-0.3, -0.25) is 4.79 Å². The number of amides is 1. The molecule has 0 aromatic heterocycles. The first-order chi connectivity index (χ1) is 11.4. The number of ether oxygens (including phenoxy) is 1. The normalized spacial score (nSPS) is 11.7. The zero-order valence-electron chi connectivity index (χ0n) is 12.7. The Kier molecular flexibility index (Phi) is 6.03. The number of methoxy groups -OCH3 is 1. The Bertz CT molecular complexity index is 750. The number of benzene rings is 2. The second kappa shape index (κ2) is 8.01. The summed E-state index contributed by atoms with van der Waals surface area (Å²) in [6, 6.07) is 9.03. The number of esters is 1. The Morgan fingerprint density at radius 2 is 1.79 bits per heavy atom. The second-order valence-electron chi connectivity index (χ2n) is 5.01. The quantitative estimate of drug-likeness (QED) is 0.787. The second-order valence-corrected chi connectivity index (χ2v) is 5.92. The predicted octanol–water partition coefficient (Wildman–Crippen LogP) is 3.24. The number of hydrogen-bond donors (Lipinski definition) is 1. The fraction of sp³-hybridized carbons (Fsp3) is 0.176. The molecular weight excluding hydrogens is 384 g/mol. The molecule has 0 saturated carbocycles. The molecule has 1 amide bonds. The van der Waals surface area contributed by atoms with Crippen LogP contribution >= 0.6 is 15.9 Å². The Hall–Kier alpha value is -2.28. The van der Waals surface area contributed by atoms with Gasteiger partial charge in [0.2, 0.25) is 0 Å². The van der Waals surface area contributed by atoms with E-state index in [1.165, 1.54) is 7.11 Å². The van der Waals surface area contributed by atoms with Crippen LogP contribution in [0.4, 0.5) is 8.78 Å². The summed E-state index contributed by atoms with van der Waals surface area (Å²) in [6.07, 6.45) is 0.204. The van der Waals surface area contributed by atoms with Gasteiger partial charge in [-0.05, 0) is 35.9 Å². The van der Waals surface area contributed by atoms with Crippen LogP contribution in [0.1, 0.15) is 15.9 Å². The van der Waals surface area contributed by atoms with Crippen LogP contribution in [-0.4, -0.2) is 25.0 Å². The van der Waals surface area contributed by atoms with Crippen molar-refractivity contribution < 1.29 is 23.1 Å². The smallest absolute Gasteiger partial charge is 0.328 e. The lowest BCUT2D eigenvalue weighted by Crippen LogP contribution is -2.43. The standard InChI is InChI=1S/C17H14BrF2NO3/c1-24-17(23)15(8-10-2-5-12(18)6-3-10)21-16(22)11-4-7-13(19)14(20)9-11/h2-7,9,15H,8H2,1H3,(H,21,22)/t15-/m1/s1. The van der Waals surface area contributed by atoms with Gasteiger partial charge in [0.05, 0.1) is 7.11 Å². The Balaban J connectivity index is 2.15. The molecule has 0 spiro atoms. The van der Waals surface area contributed by atoms with Crippen molar-refractivity contribution in [2.45, 2.75) is 12.5 Å². The van der Waals surface area contributed by atoms with Crippen LogP contribution in [0.15, 0.2) is 46.9 Å². The van der Waals surface area contributed by atoms with Gasteiger partial charge in [0.25, 0.3) is 5.91 Å². The monoisotopic (exact) mass is 397 g/mol. The molecule has 0 aliphatic heterocycles.